The molecule has 0 fully saturated rings. The maximum absolute atomic E-state index is 3.31. The lowest BCUT2D eigenvalue weighted by atomic mass is 10.1. The number of hydrazine groups is 1. The largest absolute Gasteiger partial charge is 0.320 e. The zero-order chi connectivity index (χ0) is 13.1. The van der Waals surface area contributed by atoms with Crippen LogP contribution in [0.25, 0.3) is 5.70 Å². The number of thiophene rings is 1. The molecule has 1 unspecified atom stereocenters. The highest BCUT2D eigenvalue weighted by Gasteiger charge is 2.17. The number of hydrogen-bond donors (Lipinski definition) is 2. The van der Waals surface area contributed by atoms with Gasteiger partial charge in [-0.2, -0.15) is 11.8 Å². The van der Waals surface area contributed by atoms with Gasteiger partial charge < -0.3 is 5.43 Å². The smallest absolute Gasteiger partial charge is 0.0806 e. The molecule has 0 amide bonds. The van der Waals surface area contributed by atoms with E-state index in [1.54, 1.807) is 11.3 Å². The van der Waals surface area contributed by atoms with E-state index in [0.29, 0.717) is 0 Å². The minimum atomic E-state index is 0.279. The van der Waals surface area contributed by atoms with Crippen LogP contribution in [0.1, 0.15) is 22.0 Å². The third-order valence-electron chi connectivity index (χ3n) is 3.12. The second-order valence-electron chi connectivity index (χ2n) is 4.47. The van der Waals surface area contributed by atoms with Crippen LogP contribution in [0.5, 0.6) is 0 Å². The summed E-state index contributed by atoms with van der Waals surface area (Å²) in [6.07, 6.45) is 4.37. The van der Waals surface area contributed by atoms with E-state index in [4.69, 9.17) is 0 Å². The number of rotatable bonds is 4. The standard InChI is InChI=1S/C15H16N2S2/c1-18-10-11-4-6-12(7-5-11)13-9-14(17-16-13)15-3-2-8-19-15/h2-9,14,16-17H,10H2,1H3. The summed E-state index contributed by atoms with van der Waals surface area (Å²) in [5.74, 6) is 1.07. The van der Waals surface area contributed by atoms with Gasteiger partial charge in [0.15, 0.2) is 0 Å². The Morgan fingerprint density at radius 3 is 2.74 bits per heavy atom. The molecule has 0 saturated carbocycles. The molecule has 1 aromatic carbocycles. The molecule has 0 spiro atoms. The minimum absolute atomic E-state index is 0.279. The molecular formula is C15H16N2S2. The van der Waals surface area contributed by atoms with Crippen molar-refractivity contribution in [3.05, 3.63) is 63.9 Å². The first kappa shape index (κ1) is 12.8. The van der Waals surface area contributed by atoms with Crippen molar-refractivity contribution in [2.45, 2.75) is 11.8 Å². The van der Waals surface area contributed by atoms with E-state index in [9.17, 15) is 0 Å². The summed E-state index contributed by atoms with van der Waals surface area (Å²) in [4.78, 5) is 1.33. The van der Waals surface area contributed by atoms with Crippen LogP contribution in [-0.2, 0) is 5.75 Å². The quantitative estimate of drug-likeness (QED) is 0.895. The molecule has 98 valence electrons. The highest BCUT2D eigenvalue weighted by molar-refractivity contribution is 7.97. The summed E-state index contributed by atoms with van der Waals surface area (Å²) in [5.41, 5.74) is 10.4. The first-order valence-corrected chi connectivity index (χ1v) is 8.49. The summed E-state index contributed by atoms with van der Waals surface area (Å²) in [6, 6.07) is 13.3. The van der Waals surface area contributed by atoms with Crippen LogP contribution in [0.4, 0.5) is 0 Å². The maximum atomic E-state index is 3.31. The molecule has 0 saturated heterocycles. The van der Waals surface area contributed by atoms with E-state index in [2.05, 4.69) is 65.0 Å². The molecule has 1 aromatic heterocycles. The van der Waals surface area contributed by atoms with Crippen molar-refractivity contribution >= 4 is 28.8 Å². The molecule has 1 atom stereocenters. The molecule has 2 N–H and O–H groups in total. The van der Waals surface area contributed by atoms with Gasteiger partial charge in [-0.3, -0.25) is 0 Å². The average molecular weight is 288 g/mol. The lowest BCUT2D eigenvalue weighted by Crippen LogP contribution is -2.25. The SMILES string of the molecule is CSCc1ccc(C2=CC(c3cccs3)NN2)cc1. The van der Waals surface area contributed by atoms with Gasteiger partial charge in [0.05, 0.1) is 11.7 Å². The lowest BCUT2D eigenvalue weighted by molar-refractivity contribution is 0.623. The Labute approximate surface area is 121 Å². The van der Waals surface area contributed by atoms with Gasteiger partial charge in [0.25, 0.3) is 0 Å². The molecular weight excluding hydrogens is 272 g/mol. The van der Waals surface area contributed by atoms with Crippen LogP contribution in [-0.4, -0.2) is 6.26 Å². The first-order chi connectivity index (χ1) is 9.36. The Kier molecular flexibility index (Phi) is 3.92. The van der Waals surface area contributed by atoms with Crippen molar-refractivity contribution in [1.29, 1.82) is 0 Å². The topological polar surface area (TPSA) is 24.1 Å². The van der Waals surface area contributed by atoms with Crippen molar-refractivity contribution in [1.82, 2.24) is 10.9 Å². The van der Waals surface area contributed by atoms with Gasteiger partial charge in [0, 0.05) is 10.6 Å². The van der Waals surface area contributed by atoms with E-state index < -0.39 is 0 Å². The van der Waals surface area contributed by atoms with Crippen LogP contribution in [0.3, 0.4) is 0 Å². The molecule has 0 bridgehead atoms. The zero-order valence-corrected chi connectivity index (χ0v) is 12.4. The Morgan fingerprint density at radius 2 is 2.05 bits per heavy atom. The second kappa shape index (κ2) is 5.82. The minimum Gasteiger partial charge on any atom is -0.320 e. The summed E-state index contributed by atoms with van der Waals surface area (Å²) in [5, 5.41) is 2.11. The predicted octanol–water partition coefficient (Wildman–Crippen LogP) is 3.80. The lowest BCUT2D eigenvalue weighted by Gasteiger charge is -2.06. The number of benzene rings is 1. The van der Waals surface area contributed by atoms with Crippen LogP contribution in [0, 0.1) is 0 Å². The van der Waals surface area contributed by atoms with Gasteiger partial charge in [-0.1, -0.05) is 30.3 Å². The van der Waals surface area contributed by atoms with Crippen LogP contribution < -0.4 is 10.9 Å². The van der Waals surface area contributed by atoms with E-state index in [0.717, 1.165) is 11.4 Å². The molecule has 3 rings (SSSR count). The molecule has 2 aromatic rings. The molecule has 2 heterocycles. The van der Waals surface area contributed by atoms with Crippen LogP contribution in [0.2, 0.25) is 0 Å². The summed E-state index contributed by atoms with van der Waals surface area (Å²) in [6.45, 7) is 0. The zero-order valence-electron chi connectivity index (χ0n) is 10.7. The summed E-state index contributed by atoms with van der Waals surface area (Å²) in [7, 11) is 0. The Morgan fingerprint density at radius 1 is 1.21 bits per heavy atom. The van der Waals surface area contributed by atoms with E-state index >= 15 is 0 Å². The third-order valence-corrected chi connectivity index (χ3v) is 4.70. The Balaban J connectivity index is 1.77. The van der Waals surface area contributed by atoms with E-state index in [1.807, 2.05) is 11.8 Å². The van der Waals surface area contributed by atoms with Crippen molar-refractivity contribution in [3.63, 3.8) is 0 Å². The molecule has 1 aliphatic rings. The molecule has 1 aliphatic heterocycles. The van der Waals surface area contributed by atoms with Crippen molar-refractivity contribution in [2.75, 3.05) is 6.26 Å². The summed E-state index contributed by atoms with van der Waals surface area (Å²) >= 11 is 3.63. The molecule has 2 nitrogen and oxygen atoms in total. The highest BCUT2D eigenvalue weighted by Crippen LogP contribution is 2.27. The van der Waals surface area contributed by atoms with Crippen molar-refractivity contribution in [2.24, 2.45) is 0 Å². The van der Waals surface area contributed by atoms with Gasteiger partial charge in [-0.15, -0.1) is 11.3 Å². The van der Waals surface area contributed by atoms with Gasteiger partial charge in [0.1, 0.15) is 0 Å². The van der Waals surface area contributed by atoms with Crippen LogP contribution in [0.15, 0.2) is 47.9 Å². The van der Waals surface area contributed by atoms with Crippen LogP contribution >= 0.6 is 23.1 Å². The predicted molar refractivity (Wildman–Crippen MR) is 85.0 cm³/mol. The second-order valence-corrected chi connectivity index (χ2v) is 6.32. The van der Waals surface area contributed by atoms with Gasteiger partial charge in [-0.05, 0) is 34.9 Å². The van der Waals surface area contributed by atoms with Crippen molar-refractivity contribution < 1.29 is 0 Å². The first-order valence-electron chi connectivity index (χ1n) is 6.22. The Hall–Kier alpha value is -1.23. The summed E-state index contributed by atoms with van der Waals surface area (Å²) < 4.78 is 0. The molecule has 0 aliphatic carbocycles. The number of thioether (sulfide) groups is 1. The maximum Gasteiger partial charge on any atom is 0.0806 e. The van der Waals surface area contributed by atoms with Crippen molar-refractivity contribution in [3.8, 4) is 0 Å². The van der Waals surface area contributed by atoms with E-state index in [1.165, 1.54) is 16.0 Å². The third kappa shape index (κ3) is 2.86. The molecule has 19 heavy (non-hydrogen) atoms. The Bertz CT molecular complexity index is 558. The number of hydrogen-bond acceptors (Lipinski definition) is 4. The van der Waals surface area contributed by atoms with E-state index in [-0.39, 0.29) is 6.04 Å². The number of nitrogens with one attached hydrogen (secondary N) is 2. The average Bonchev–Trinajstić information content (AvgIpc) is 3.11. The monoisotopic (exact) mass is 288 g/mol. The molecule has 4 heteroatoms. The highest BCUT2D eigenvalue weighted by atomic mass is 32.2. The van der Waals surface area contributed by atoms with Gasteiger partial charge >= 0.3 is 0 Å². The van der Waals surface area contributed by atoms with Gasteiger partial charge in [-0.25, -0.2) is 5.43 Å². The normalized spacial score (nSPS) is 18.2. The fourth-order valence-electron chi connectivity index (χ4n) is 2.14. The molecule has 0 radical (unpaired) electrons. The fourth-order valence-corrected chi connectivity index (χ4v) is 3.41. The fraction of sp³-hybridized carbons (Fsp3) is 0.200. The van der Waals surface area contributed by atoms with Gasteiger partial charge in [0.2, 0.25) is 0 Å².